The fourth-order valence-corrected chi connectivity index (χ4v) is 5.53. The fraction of sp³-hybridized carbons (Fsp3) is 0.281. The normalized spacial score (nSPS) is 11.2. The van der Waals surface area contributed by atoms with E-state index in [0.717, 1.165) is 39.1 Å². The van der Waals surface area contributed by atoms with Gasteiger partial charge in [0.15, 0.2) is 5.78 Å². The van der Waals surface area contributed by atoms with Crippen LogP contribution >= 0.6 is 11.3 Å². The van der Waals surface area contributed by atoms with E-state index in [1.54, 1.807) is 23.5 Å². The molecule has 0 atom stereocenters. The predicted molar refractivity (Wildman–Crippen MR) is 156 cm³/mol. The Hall–Kier alpha value is -3.77. The number of hydrogen-bond donors (Lipinski definition) is 0. The topological polar surface area (TPSA) is 65.0 Å². The summed E-state index contributed by atoms with van der Waals surface area (Å²) in [5.74, 6) is 0.765. The highest BCUT2D eigenvalue weighted by Gasteiger charge is 2.22. The summed E-state index contributed by atoms with van der Waals surface area (Å²) >= 11 is 1.59. The summed E-state index contributed by atoms with van der Waals surface area (Å²) in [5, 5.41) is 0.931. The maximum absolute atomic E-state index is 13.8. The molecule has 0 bridgehead atoms. The third-order valence-electron chi connectivity index (χ3n) is 6.16. The van der Waals surface area contributed by atoms with Gasteiger partial charge in [-0.2, -0.15) is 0 Å². The van der Waals surface area contributed by atoms with Crippen molar-refractivity contribution in [1.82, 2.24) is 0 Å². The van der Waals surface area contributed by atoms with Crippen LogP contribution in [0.15, 0.2) is 71.7 Å². The Morgan fingerprint density at radius 1 is 0.921 bits per heavy atom. The number of fused-ring (bicyclic) bond motifs is 1. The van der Waals surface area contributed by atoms with E-state index in [9.17, 15) is 9.59 Å². The highest BCUT2D eigenvalue weighted by atomic mass is 32.1. The SMILES string of the molecule is CCCCCCN=CCOc1ccc(C(=O)c2c(-c3ccc(OC(C)=O)cc3)sc3cc(C)ccc23)cc1. The lowest BCUT2D eigenvalue weighted by Crippen LogP contribution is -2.03. The summed E-state index contributed by atoms with van der Waals surface area (Å²) in [5.41, 5.74) is 3.31. The number of aryl methyl sites for hydroxylation is 1. The second-order valence-corrected chi connectivity index (χ2v) is 10.3. The Bertz CT molecular complexity index is 1420. The molecular formula is C32H33NO4S. The Balaban J connectivity index is 1.53. The molecule has 196 valence electrons. The maximum atomic E-state index is 13.8. The van der Waals surface area contributed by atoms with Crippen LogP contribution in [0.1, 0.15) is 61.0 Å². The van der Waals surface area contributed by atoms with Crippen LogP contribution in [0.4, 0.5) is 0 Å². The van der Waals surface area contributed by atoms with Gasteiger partial charge in [0.25, 0.3) is 0 Å². The van der Waals surface area contributed by atoms with E-state index >= 15 is 0 Å². The summed E-state index contributed by atoms with van der Waals surface area (Å²) in [4.78, 5) is 30.4. The first-order valence-corrected chi connectivity index (χ1v) is 13.9. The number of carbonyl (C=O) groups excluding carboxylic acids is 2. The second kappa shape index (κ2) is 13.2. The van der Waals surface area contributed by atoms with Crippen LogP contribution in [0.5, 0.6) is 11.5 Å². The summed E-state index contributed by atoms with van der Waals surface area (Å²) in [6.07, 6.45) is 6.60. The fourth-order valence-electron chi connectivity index (χ4n) is 4.23. The first-order valence-electron chi connectivity index (χ1n) is 13.0. The largest absolute Gasteiger partial charge is 0.488 e. The molecule has 0 N–H and O–H groups in total. The van der Waals surface area contributed by atoms with Gasteiger partial charge < -0.3 is 9.47 Å². The van der Waals surface area contributed by atoms with Gasteiger partial charge in [0.1, 0.15) is 18.1 Å². The number of thiophene rings is 1. The van der Waals surface area contributed by atoms with Crippen LogP contribution < -0.4 is 9.47 Å². The average Bonchev–Trinajstić information content (AvgIpc) is 3.28. The molecule has 0 fully saturated rings. The van der Waals surface area contributed by atoms with Crippen molar-refractivity contribution in [1.29, 1.82) is 0 Å². The molecule has 1 aromatic heterocycles. The zero-order valence-electron chi connectivity index (χ0n) is 22.2. The third kappa shape index (κ3) is 6.95. The molecular weight excluding hydrogens is 494 g/mol. The molecule has 1 heterocycles. The molecule has 0 aliphatic rings. The van der Waals surface area contributed by atoms with Crippen LogP contribution in [-0.2, 0) is 4.79 Å². The summed E-state index contributed by atoms with van der Waals surface area (Å²) < 4.78 is 12.0. The molecule has 38 heavy (non-hydrogen) atoms. The van der Waals surface area contributed by atoms with Crippen molar-refractivity contribution in [2.75, 3.05) is 13.2 Å². The average molecular weight is 528 g/mol. The number of carbonyl (C=O) groups is 2. The van der Waals surface area contributed by atoms with Crippen molar-refractivity contribution in [3.63, 3.8) is 0 Å². The van der Waals surface area contributed by atoms with E-state index in [4.69, 9.17) is 9.47 Å². The van der Waals surface area contributed by atoms with Gasteiger partial charge in [-0.1, -0.05) is 38.3 Å². The summed E-state index contributed by atoms with van der Waals surface area (Å²) in [7, 11) is 0. The first-order chi connectivity index (χ1) is 18.5. The monoisotopic (exact) mass is 527 g/mol. The first kappa shape index (κ1) is 27.3. The van der Waals surface area contributed by atoms with Crippen molar-refractivity contribution >= 4 is 39.4 Å². The number of rotatable bonds is 12. The second-order valence-electron chi connectivity index (χ2n) is 9.24. The van der Waals surface area contributed by atoms with E-state index in [0.29, 0.717) is 29.2 Å². The number of ketones is 1. The Labute approximate surface area is 228 Å². The van der Waals surface area contributed by atoms with Gasteiger partial charge >= 0.3 is 5.97 Å². The maximum Gasteiger partial charge on any atom is 0.308 e. The van der Waals surface area contributed by atoms with E-state index < -0.39 is 0 Å². The number of benzene rings is 3. The molecule has 4 rings (SSSR count). The number of hydrogen-bond acceptors (Lipinski definition) is 6. The number of esters is 1. The molecule has 0 amide bonds. The smallest absolute Gasteiger partial charge is 0.308 e. The van der Waals surface area contributed by atoms with E-state index in [1.807, 2.05) is 61.7 Å². The highest BCUT2D eigenvalue weighted by molar-refractivity contribution is 7.22. The van der Waals surface area contributed by atoms with Gasteiger partial charge in [0.2, 0.25) is 0 Å². The molecule has 3 aromatic carbocycles. The summed E-state index contributed by atoms with van der Waals surface area (Å²) in [6.45, 7) is 6.86. The van der Waals surface area contributed by atoms with Gasteiger partial charge in [-0.3, -0.25) is 14.6 Å². The highest BCUT2D eigenvalue weighted by Crippen LogP contribution is 2.40. The van der Waals surface area contributed by atoms with E-state index in [1.165, 1.54) is 26.2 Å². The minimum atomic E-state index is -0.368. The lowest BCUT2D eigenvalue weighted by atomic mass is 9.97. The van der Waals surface area contributed by atoms with Crippen molar-refractivity contribution in [3.05, 3.63) is 83.4 Å². The molecule has 5 nitrogen and oxygen atoms in total. The Morgan fingerprint density at radius 2 is 1.66 bits per heavy atom. The Morgan fingerprint density at radius 3 is 2.37 bits per heavy atom. The minimum absolute atomic E-state index is 0.0423. The standard InChI is InChI=1S/C32H33NO4S/c1-4-5-6-7-18-33-19-20-36-26-13-9-24(10-14-26)31(35)30-28-17-8-22(2)21-29(28)38-32(30)25-11-15-27(16-12-25)37-23(3)34/h8-17,19,21H,4-7,18,20H2,1-3H3. The minimum Gasteiger partial charge on any atom is -0.488 e. The van der Waals surface area contributed by atoms with Crippen molar-refractivity contribution in [3.8, 4) is 21.9 Å². The van der Waals surface area contributed by atoms with Gasteiger partial charge in [-0.05, 0) is 79.1 Å². The van der Waals surface area contributed by atoms with Crippen molar-refractivity contribution in [2.45, 2.75) is 46.5 Å². The number of ether oxygens (including phenoxy) is 2. The molecule has 0 radical (unpaired) electrons. The lowest BCUT2D eigenvalue weighted by molar-refractivity contribution is -0.131. The van der Waals surface area contributed by atoms with Crippen LogP contribution in [0.2, 0.25) is 0 Å². The van der Waals surface area contributed by atoms with Crippen molar-refractivity contribution in [2.24, 2.45) is 4.99 Å². The van der Waals surface area contributed by atoms with Crippen molar-refractivity contribution < 1.29 is 19.1 Å². The number of nitrogens with zero attached hydrogens (tertiary/aromatic N) is 1. The lowest BCUT2D eigenvalue weighted by Gasteiger charge is -2.08. The molecule has 0 unspecified atom stereocenters. The number of aliphatic imine (C=N–C) groups is 1. The molecule has 0 spiro atoms. The predicted octanol–water partition coefficient (Wildman–Crippen LogP) is 8.06. The molecule has 0 aliphatic carbocycles. The molecule has 6 heteroatoms. The van der Waals surface area contributed by atoms with Crippen LogP contribution in [-0.4, -0.2) is 31.1 Å². The number of unbranched alkanes of at least 4 members (excludes halogenated alkanes) is 3. The zero-order valence-corrected chi connectivity index (χ0v) is 23.0. The third-order valence-corrected chi connectivity index (χ3v) is 7.36. The molecule has 0 saturated carbocycles. The van der Waals surface area contributed by atoms with Gasteiger partial charge in [0, 0.05) is 45.8 Å². The van der Waals surface area contributed by atoms with E-state index in [2.05, 4.69) is 18.0 Å². The Kier molecular flexibility index (Phi) is 9.44. The van der Waals surface area contributed by atoms with Gasteiger partial charge in [0.05, 0.1) is 0 Å². The zero-order chi connectivity index (χ0) is 26.9. The van der Waals surface area contributed by atoms with Crippen LogP contribution in [0, 0.1) is 6.92 Å². The van der Waals surface area contributed by atoms with Gasteiger partial charge in [-0.25, -0.2) is 0 Å². The van der Waals surface area contributed by atoms with E-state index in [-0.39, 0.29) is 11.8 Å². The molecule has 0 aliphatic heterocycles. The van der Waals surface area contributed by atoms with Crippen LogP contribution in [0.25, 0.3) is 20.5 Å². The summed E-state index contributed by atoms with van der Waals surface area (Å²) in [6, 6.07) is 20.7. The quantitative estimate of drug-likeness (QED) is 0.0614. The van der Waals surface area contributed by atoms with Crippen LogP contribution in [0.3, 0.4) is 0 Å². The molecule has 0 saturated heterocycles. The van der Waals surface area contributed by atoms with Gasteiger partial charge in [-0.15, -0.1) is 11.3 Å². The molecule has 4 aromatic rings.